The van der Waals surface area contributed by atoms with Gasteiger partial charge in [-0.25, -0.2) is 0 Å². The van der Waals surface area contributed by atoms with Crippen LogP contribution in [-0.4, -0.2) is 67.9 Å². The Morgan fingerprint density at radius 2 is 1.88 bits per heavy atom. The standard InChI is InChI=1S/C25H34N2O5/c28-24-16-32-23-6-2-1-4-20(23)17-7-9-19(10-8-17)31-15-22-21(5-3-12-27(22)24)26-25(29)18-11-13-30-14-18/h1-2,4,6,17-19,21-22H,3,5,7-16H2,(H,26,29)/t17?,18-,19?,21+,22+/m1/s1. The van der Waals surface area contributed by atoms with Crippen molar-refractivity contribution in [3.8, 4) is 5.75 Å². The van der Waals surface area contributed by atoms with E-state index < -0.39 is 0 Å². The van der Waals surface area contributed by atoms with Gasteiger partial charge in [0, 0.05) is 13.2 Å². The van der Waals surface area contributed by atoms with E-state index in [1.165, 1.54) is 5.56 Å². The largest absolute Gasteiger partial charge is 0.483 e. The van der Waals surface area contributed by atoms with Crippen molar-refractivity contribution in [1.82, 2.24) is 10.2 Å². The topological polar surface area (TPSA) is 77.1 Å². The van der Waals surface area contributed by atoms with Gasteiger partial charge in [0.2, 0.25) is 5.91 Å². The second-order valence-electron chi connectivity index (χ2n) is 9.61. The first-order chi connectivity index (χ1) is 15.7. The average Bonchev–Trinajstić information content (AvgIpc) is 3.37. The molecular formula is C25H34N2O5. The Bertz CT molecular complexity index is 816. The molecule has 0 aromatic heterocycles. The summed E-state index contributed by atoms with van der Waals surface area (Å²) in [6.45, 7) is 2.27. The lowest BCUT2D eigenvalue weighted by atomic mass is 9.82. The van der Waals surface area contributed by atoms with E-state index in [9.17, 15) is 9.59 Å². The highest BCUT2D eigenvalue weighted by Crippen LogP contribution is 2.38. The number of amides is 2. The molecule has 6 rings (SSSR count). The lowest BCUT2D eigenvalue weighted by Crippen LogP contribution is -2.60. The number of carbonyl (C=O) groups excluding carboxylic acids is 2. The van der Waals surface area contributed by atoms with E-state index in [1.54, 1.807) is 0 Å². The number of para-hydroxylation sites is 1. The molecule has 3 fully saturated rings. The predicted octanol–water partition coefficient (Wildman–Crippen LogP) is 2.63. The smallest absolute Gasteiger partial charge is 0.260 e. The Hall–Kier alpha value is -2.12. The van der Waals surface area contributed by atoms with E-state index in [0.29, 0.717) is 32.3 Å². The second kappa shape index (κ2) is 9.79. The lowest BCUT2D eigenvalue weighted by Gasteiger charge is -2.42. The number of hydrogen-bond donors (Lipinski definition) is 1. The zero-order chi connectivity index (χ0) is 21.9. The van der Waals surface area contributed by atoms with Gasteiger partial charge in [-0.2, -0.15) is 0 Å². The van der Waals surface area contributed by atoms with Crippen molar-refractivity contribution in [2.75, 3.05) is 33.0 Å². The second-order valence-corrected chi connectivity index (χ2v) is 9.61. The molecule has 1 saturated carbocycles. The molecule has 2 amide bonds. The summed E-state index contributed by atoms with van der Waals surface area (Å²) < 4.78 is 17.8. The van der Waals surface area contributed by atoms with Gasteiger partial charge in [0.1, 0.15) is 5.75 Å². The van der Waals surface area contributed by atoms with Gasteiger partial charge in [0.25, 0.3) is 5.91 Å². The highest BCUT2D eigenvalue weighted by Gasteiger charge is 2.38. The minimum atomic E-state index is -0.167. The fourth-order valence-corrected chi connectivity index (χ4v) is 5.73. The number of hydrogen-bond acceptors (Lipinski definition) is 5. The number of fused-ring (bicyclic) bond motifs is 5. The van der Waals surface area contributed by atoms with Crippen molar-refractivity contribution in [2.45, 2.75) is 69.1 Å². The average molecular weight is 443 g/mol. The third-order valence-electron chi connectivity index (χ3n) is 7.61. The molecule has 1 aromatic carbocycles. The molecule has 3 atom stereocenters. The summed E-state index contributed by atoms with van der Waals surface area (Å²) in [5, 5.41) is 3.23. The minimum absolute atomic E-state index is 0.0147. The molecule has 1 N–H and O–H groups in total. The summed E-state index contributed by atoms with van der Waals surface area (Å²) in [5.41, 5.74) is 1.21. The fraction of sp³-hybridized carbons (Fsp3) is 0.680. The Morgan fingerprint density at radius 1 is 1.03 bits per heavy atom. The number of nitrogens with zero attached hydrogens (tertiary/aromatic N) is 1. The predicted molar refractivity (Wildman–Crippen MR) is 118 cm³/mol. The van der Waals surface area contributed by atoms with Gasteiger partial charge in [-0.15, -0.1) is 0 Å². The summed E-state index contributed by atoms with van der Waals surface area (Å²) in [6.07, 6.45) is 6.83. The van der Waals surface area contributed by atoms with Crippen molar-refractivity contribution >= 4 is 11.8 Å². The normalized spacial score (nSPS) is 33.2. The summed E-state index contributed by atoms with van der Waals surface area (Å²) in [6, 6.07) is 7.86. The highest BCUT2D eigenvalue weighted by molar-refractivity contribution is 5.80. The van der Waals surface area contributed by atoms with E-state index in [1.807, 2.05) is 23.1 Å². The van der Waals surface area contributed by atoms with Gasteiger partial charge < -0.3 is 24.4 Å². The quantitative estimate of drug-likeness (QED) is 0.762. The van der Waals surface area contributed by atoms with Crippen LogP contribution in [0.1, 0.15) is 56.4 Å². The molecule has 5 aliphatic rings. The van der Waals surface area contributed by atoms with E-state index in [-0.39, 0.29) is 42.5 Å². The highest BCUT2D eigenvalue weighted by atomic mass is 16.5. The molecule has 1 aliphatic carbocycles. The molecule has 0 radical (unpaired) electrons. The van der Waals surface area contributed by atoms with Crippen molar-refractivity contribution in [3.63, 3.8) is 0 Å². The van der Waals surface area contributed by atoms with Gasteiger partial charge in [-0.05, 0) is 62.5 Å². The minimum Gasteiger partial charge on any atom is -0.483 e. The number of piperidine rings is 1. The first-order valence-electron chi connectivity index (χ1n) is 12.2. The van der Waals surface area contributed by atoms with E-state index in [2.05, 4.69) is 11.4 Å². The molecule has 0 spiro atoms. The number of rotatable bonds is 2. The molecule has 7 nitrogen and oxygen atoms in total. The van der Waals surface area contributed by atoms with Gasteiger partial charge in [0.05, 0.1) is 37.3 Å². The van der Waals surface area contributed by atoms with Crippen LogP contribution in [0.5, 0.6) is 5.75 Å². The molecule has 2 bridgehead atoms. The van der Waals surface area contributed by atoms with Crippen molar-refractivity contribution in [2.24, 2.45) is 5.92 Å². The SMILES string of the molecule is O=C(N[C@H]1CCCN2C(=O)COc3ccccc3C3CCC(CC3)OC[C@@H]12)[C@@H]1CCOC1. The summed E-state index contributed by atoms with van der Waals surface area (Å²) in [5.74, 6) is 1.18. The molecule has 7 heteroatoms. The van der Waals surface area contributed by atoms with Crippen molar-refractivity contribution in [3.05, 3.63) is 29.8 Å². The van der Waals surface area contributed by atoms with Crippen LogP contribution >= 0.6 is 0 Å². The maximum atomic E-state index is 13.2. The Kier molecular flexibility index (Phi) is 6.64. The number of benzene rings is 1. The number of nitrogens with one attached hydrogen (secondary N) is 1. The summed E-state index contributed by atoms with van der Waals surface area (Å²) in [7, 11) is 0. The Labute approximate surface area is 189 Å². The van der Waals surface area contributed by atoms with Crippen LogP contribution in [0.4, 0.5) is 0 Å². The fourth-order valence-electron chi connectivity index (χ4n) is 5.73. The van der Waals surface area contributed by atoms with Crippen LogP contribution in [0.25, 0.3) is 0 Å². The Balaban J connectivity index is 1.36. The van der Waals surface area contributed by atoms with E-state index >= 15 is 0 Å². The third kappa shape index (κ3) is 4.64. The monoisotopic (exact) mass is 442 g/mol. The molecular weight excluding hydrogens is 408 g/mol. The zero-order valence-corrected chi connectivity index (χ0v) is 18.7. The molecule has 4 heterocycles. The van der Waals surface area contributed by atoms with E-state index in [0.717, 1.165) is 50.7 Å². The number of ether oxygens (including phenoxy) is 3. The maximum Gasteiger partial charge on any atom is 0.260 e. The summed E-state index contributed by atoms with van der Waals surface area (Å²) in [4.78, 5) is 27.9. The van der Waals surface area contributed by atoms with Gasteiger partial charge >= 0.3 is 0 Å². The van der Waals surface area contributed by atoms with Crippen molar-refractivity contribution in [1.29, 1.82) is 0 Å². The molecule has 174 valence electrons. The van der Waals surface area contributed by atoms with Crippen LogP contribution in [-0.2, 0) is 19.1 Å². The molecule has 1 aromatic rings. The number of carbonyl (C=O) groups is 2. The molecule has 4 aliphatic heterocycles. The molecule has 2 saturated heterocycles. The van der Waals surface area contributed by atoms with Gasteiger partial charge in [0.15, 0.2) is 6.61 Å². The van der Waals surface area contributed by atoms with Gasteiger partial charge in [-0.1, -0.05) is 18.2 Å². The molecule has 32 heavy (non-hydrogen) atoms. The van der Waals surface area contributed by atoms with Gasteiger partial charge in [-0.3, -0.25) is 9.59 Å². The molecule has 0 unspecified atom stereocenters. The van der Waals surface area contributed by atoms with E-state index in [4.69, 9.17) is 14.2 Å². The summed E-state index contributed by atoms with van der Waals surface area (Å²) >= 11 is 0. The van der Waals surface area contributed by atoms with Crippen molar-refractivity contribution < 1.29 is 23.8 Å². The van der Waals surface area contributed by atoms with Crippen LogP contribution < -0.4 is 10.1 Å². The van der Waals surface area contributed by atoms with Crippen LogP contribution in [0.2, 0.25) is 0 Å². The lowest BCUT2D eigenvalue weighted by molar-refractivity contribution is -0.142. The first-order valence-corrected chi connectivity index (χ1v) is 12.2. The zero-order valence-electron chi connectivity index (χ0n) is 18.7. The maximum absolute atomic E-state index is 13.2. The Morgan fingerprint density at radius 3 is 2.69 bits per heavy atom. The van der Waals surface area contributed by atoms with Crippen LogP contribution in [0.3, 0.4) is 0 Å². The van der Waals surface area contributed by atoms with Crippen LogP contribution in [0.15, 0.2) is 24.3 Å². The third-order valence-corrected chi connectivity index (χ3v) is 7.61. The van der Waals surface area contributed by atoms with Crippen LogP contribution in [0, 0.1) is 5.92 Å². The first kappa shape index (κ1) is 21.7.